The maximum atomic E-state index is 13.8. The van der Waals surface area contributed by atoms with Gasteiger partial charge >= 0.3 is 0 Å². The largest absolute Gasteiger partial charge is 0.494 e. The molecule has 3 aromatic heterocycles. The van der Waals surface area contributed by atoms with Crippen molar-refractivity contribution in [1.82, 2.24) is 19.1 Å². The smallest absolute Gasteiger partial charge is 0.278 e. The van der Waals surface area contributed by atoms with Gasteiger partial charge in [-0.05, 0) is 62.5 Å². The molecule has 37 heavy (non-hydrogen) atoms. The van der Waals surface area contributed by atoms with Gasteiger partial charge in [0.1, 0.15) is 10.4 Å². The number of thioether (sulfide) groups is 1. The molecule has 5 aromatic rings. The Bertz CT molecular complexity index is 1670. The number of nitrogens with one attached hydrogen (secondary N) is 1. The number of anilines is 1. The summed E-state index contributed by atoms with van der Waals surface area (Å²) in [7, 11) is 0. The SMILES string of the molecule is CCOc1ccc(-n2c(=S)sc3c(=O)n(-c4ccc(C)cc4)c(SCC(=O)Nc4nccs4)nc32)cc1. The Morgan fingerprint density at radius 2 is 1.81 bits per heavy atom. The van der Waals surface area contributed by atoms with Crippen LogP contribution in [-0.4, -0.2) is 37.4 Å². The number of rotatable bonds is 8. The number of nitrogens with zero attached hydrogens (tertiary/aromatic N) is 4. The third-order valence-electron chi connectivity index (χ3n) is 5.29. The highest BCUT2D eigenvalue weighted by Crippen LogP contribution is 2.28. The van der Waals surface area contributed by atoms with Crippen molar-refractivity contribution in [3.63, 3.8) is 0 Å². The summed E-state index contributed by atoms with van der Waals surface area (Å²) in [5, 5.41) is 5.47. The van der Waals surface area contributed by atoms with E-state index < -0.39 is 0 Å². The maximum Gasteiger partial charge on any atom is 0.278 e. The lowest BCUT2D eigenvalue weighted by atomic mass is 10.2. The molecular weight excluding hydrogens is 547 g/mol. The molecule has 0 fully saturated rings. The predicted octanol–water partition coefficient (Wildman–Crippen LogP) is 5.86. The number of ether oxygens (including phenoxy) is 1. The Labute approximate surface area is 229 Å². The molecule has 5 rings (SSSR count). The van der Waals surface area contributed by atoms with Crippen molar-refractivity contribution in [3.05, 3.63) is 80.0 Å². The molecule has 3 heterocycles. The van der Waals surface area contributed by atoms with Crippen LogP contribution in [0, 0.1) is 10.9 Å². The first-order valence-electron chi connectivity index (χ1n) is 11.3. The van der Waals surface area contributed by atoms with Crippen molar-refractivity contribution in [2.24, 2.45) is 0 Å². The normalized spacial score (nSPS) is 11.1. The van der Waals surface area contributed by atoms with Gasteiger partial charge in [0.15, 0.2) is 19.9 Å². The van der Waals surface area contributed by atoms with Crippen molar-refractivity contribution in [2.45, 2.75) is 19.0 Å². The van der Waals surface area contributed by atoms with Gasteiger partial charge in [0.05, 0.1) is 18.0 Å². The van der Waals surface area contributed by atoms with Gasteiger partial charge in [-0.2, -0.15) is 0 Å². The predicted molar refractivity (Wildman–Crippen MR) is 153 cm³/mol. The molecule has 0 spiro atoms. The Balaban J connectivity index is 1.60. The van der Waals surface area contributed by atoms with E-state index in [1.807, 2.05) is 62.4 Å². The molecule has 0 radical (unpaired) electrons. The summed E-state index contributed by atoms with van der Waals surface area (Å²) in [4.78, 5) is 35.4. The van der Waals surface area contributed by atoms with Gasteiger partial charge in [0.25, 0.3) is 5.56 Å². The van der Waals surface area contributed by atoms with Gasteiger partial charge in [0, 0.05) is 17.3 Å². The van der Waals surface area contributed by atoms with Crippen LogP contribution in [0.1, 0.15) is 12.5 Å². The number of amides is 1. The average Bonchev–Trinajstić information content (AvgIpc) is 3.52. The van der Waals surface area contributed by atoms with Crippen molar-refractivity contribution in [1.29, 1.82) is 0 Å². The van der Waals surface area contributed by atoms with E-state index in [4.69, 9.17) is 21.9 Å². The molecule has 0 aliphatic heterocycles. The maximum absolute atomic E-state index is 13.8. The third kappa shape index (κ3) is 5.37. The van der Waals surface area contributed by atoms with Crippen LogP contribution in [0.2, 0.25) is 0 Å². The Morgan fingerprint density at radius 1 is 1.11 bits per heavy atom. The standard InChI is InChI=1S/C25H21N5O3S4/c1-3-33-18-10-8-16(9-11-18)29-21-20(37-25(29)34)22(32)30(17-6-4-15(2)5-7-17)24(28-21)36-14-19(31)27-23-26-12-13-35-23/h4-13H,3,14H2,1-2H3,(H,26,27,31). The monoisotopic (exact) mass is 567 g/mol. The molecule has 2 aromatic carbocycles. The molecule has 0 unspecified atom stereocenters. The van der Waals surface area contributed by atoms with Crippen LogP contribution in [-0.2, 0) is 4.79 Å². The number of benzene rings is 2. The molecule has 0 saturated heterocycles. The molecule has 1 amide bonds. The highest BCUT2D eigenvalue weighted by molar-refractivity contribution is 7.99. The van der Waals surface area contributed by atoms with Crippen molar-refractivity contribution < 1.29 is 9.53 Å². The molecule has 0 aliphatic carbocycles. The minimum absolute atomic E-state index is 0.0529. The van der Waals surface area contributed by atoms with E-state index in [0.717, 1.165) is 17.0 Å². The second-order valence-corrected chi connectivity index (χ2v) is 11.3. The molecule has 0 atom stereocenters. The van der Waals surface area contributed by atoms with Gasteiger partial charge in [-0.15, -0.1) is 11.3 Å². The van der Waals surface area contributed by atoms with Gasteiger partial charge in [-0.1, -0.05) is 40.8 Å². The van der Waals surface area contributed by atoms with Crippen molar-refractivity contribution in [2.75, 3.05) is 17.7 Å². The second-order valence-electron chi connectivity index (χ2n) is 7.83. The zero-order chi connectivity index (χ0) is 25.9. The van der Waals surface area contributed by atoms with Gasteiger partial charge in [-0.25, -0.2) is 9.97 Å². The zero-order valence-electron chi connectivity index (χ0n) is 19.8. The fourth-order valence-corrected chi connectivity index (χ4v) is 6.26. The van der Waals surface area contributed by atoms with Crippen molar-refractivity contribution >= 4 is 68.0 Å². The molecule has 0 bridgehead atoms. The molecule has 12 heteroatoms. The Kier molecular flexibility index (Phi) is 7.51. The molecule has 0 saturated carbocycles. The fraction of sp³-hybridized carbons (Fsp3) is 0.160. The van der Waals surface area contributed by atoms with E-state index in [1.165, 1.54) is 39.0 Å². The zero-order valence-corrected chi connectivity index (χ0v) is 23.1. The number of carbonyl (C=O) groups excluding carboxylic acids is 1. The van der Waals surface area contributed by atoms with Crippen LogP contribution in [0.3, 0.4) is 0 Å². The summed E-state index contributed by atoms with van der Waals surface area (Å²) in [5.41, 5.74) is 2.73. The van der Waals surface area contributed by atoms with E-state index in [2.05, 4.69) is 10.3 Å². The number of aryl methyl sites for hydroxylation is 1. The first kappa shape index (κ1) is 25.3. The number of aromatic nitrogens is 4. The summed E-state index contributed by atoms with van der Waals surface area (Å²) < 4.78 is 9.82. The minimum Gasteiger partial charge on any atom is -0.494 e. The lowest BCUT2D eigenvalue weighted by molar-refractivity contribution is -0.113. The topological polar surface area (TPSA) is 91.0 Å². The third-order valence-corrected chi connectivity index (χ3v) is 8.26. The fourth-order valence-electron chi connectivity index (χ4n) is 3.61. The van der Waals surface area contributed by atoms with Gasteiger partial charge in [0.2, 0.25) is 5.91 Å². The summed E-state index contributed by atoms with van der Waals surface area (Å²) >= 11 is 9.39. The van der Waals surface area contributed by atoms with E-state index in [-0.39, 0.29) is 17.2 Å². The van der Waals surface area contributed by atoms with Gasteiger partial charge in [-0.3, -0.25) is 18.7 Å². The molecule has 0 aliphatic rings. The first-order valence-corrected chi connectivity index (χ1v) is 14.3. The van der Waals surface area contributed by atoms with Crippen molar-refractivity contribution in [3.8, 4) is 17.1 Å². The summed E-state index contributed by atoms with van der Waals surface area (Å²) in [6.45, 7) is 4.47. The minimum atomic E-state index is -0.238. The number of thiazole rings is 2. The van der Waals surface area contributed by atoms with E-state index in [1.54, 1.807) is 16.1 Å². The second kappa shape index (κ2) is 11.0. The number of fused-ring (bicyclic) bond motifs is 1. The number of carbonyl (C=O) groups is 1. The van der Waals surface area contributed by atoms with E-state index >= 15 is 0 Å². The number of hydrogen-bond acceptors (Lipinski definition) is 9. The highest BCUT2D eigenvalue weighted by Gasteiger charge is 2.20. The Morgan fingerprint density at radius 3 is 2.49 bits per heavy atom. The number of hydrogen-bond donors (Lipinski definition) is 1. The summed E-state index contributed by atoms with van der Waals surface area (Å²) in [6, 6.07) is 15.1. The van der Waals surface area contributed by atoms with E-state index in [9.17, 15) is 9.59 Å². The average molecular weight is 568 g/mol. The summed E-state index contributed by atoms with van der Waals surface area (Å²) in [5.74, 6) is 0.560. The Hall–Kier alpha value is -3.32. The molecule has 8 nitrogen and oxygen atoms in total. The lowest BCUT2D eigenvalue weighted by Crippen LogP contribution is -2.22. The van der Waals surface area contributed by atoms with Crippen LogP contribution >= 0.6 is 46.7 Å². The van der Waals surface area contributed by atoms with Crippen LogP contribution in [0.25, 0.3) is 21.7 Å². The van der Waals surface area contributed by atoms with E-state index in [0.29, 0.717) is 36.9 Å². The molecule has 1 N–H and O–H groups in total. The first-order chi connectivity index (χ1) is 17.9. The quantitative estimate of drug-likeness (QED) is 0.143. The van der Waals surface area contributed by atoms with Crippen LogP contribution in [0.5, 0.6) is 5.75 Å². The molecule has 188 valence electrons. The van der Waals surface area contributed by atoms with Crippen LogP contribution in [0.15, 0.2) is 70.1 Å². The van der Waals surface area contributed by atoms with Gasteiger partial charge < -0.3 is 10.1 Å². The molecular formula is C25H21N5O3S4. The summed E-state index contributed by atoms with van der Waals surface area (Å²) in [6.07, 6.45) is 1.63. The highest BCUT2D eigenvalue weighted by atomic mass is 32.2. The van der Waals surface area contributed by atoms with Crippen LogP contribution in [0.4, 0.5) is 5.13 Å². The van der Waals surface area contributed by atoms with Crippen LogP contribution < -0.4 is 15.6 Å². The lowest BCUT2D eigenvalue weighted by Gasteiger charge is -2.13.